The van der Waals surface area contributed by atoms with Crippen LogP contribution in [0.15, 0.2) is 18.2 Å². The molecule has 3 heteroatoms. The summed E-state index contributed by atoms with van der Waals surface area (Å²) >= 11 is 0. The van der Waals surface area contributed by atoms with Gasteiger partial charge in [0.1, 0.15) is 6.61 Å². The van der Waals surface area contributed by atoms with E-state index in [0.717, 1.165) is 12.1 Å². The zero-order chi connectivity index (χ0) is 13.0. The molecule has 1 aliphatic carbocycles. The summed E-state index contributed by atoms with van der Waals surface area (Å²) in [5.74, 6) is 6.00. The highest BCUT2D eigenvalue weighted by Gasteiger charge is 2.22. The van der Waals surface area contributed by atoms with Crippen LogP contribution in [-0.2, 0) is 0 Å². The number of nitrogens with one attached hydrogen (secondary N) is 1. The highest BCUT2D eigenvalue weighted by molar-refractivity contribution is 5.96. The second-order valence-corrected chi connectivity index (χ2v) is 4.66. The van der Waals surface area contributed by atoms with E-state index in [9.17, 15) is 4.79 Å². The number of carbonyl (C=O) groups excluding carboxylic acids is 1. The van der Waals surface area contributed by atoms with Crippen LogP contribution in [0, 0.1) is 24.7 Å². The van der Waals surface area contributed by atoms with Gasteiger partial charge in [-0.2, -0.15) is 0 Å². The lowest BCUT2D eigenvalue weighted by molar-refractivity contribution is 0.0951. The van der Waals surface area contributed by atoms with Crippen molar-refractivity contribution in [2.24, 2.45) is 5.92 Å². The molecule has 0 atom stereocenters. The summed E-state index contributed by atoms with van der Waals surface area (Å²) < 4.78 is 0. The van der Waals surface area contributed by atoms with Crippen molar-refractivity contribution < 1.29 is 9.90 Å². The van der Waals surface area contributed by atoms with Crippen molar-refractivity contribution in [2.75, 3.05) is 13.2 Å². The van der Waals surface area contributed by atoms with Crippen LogP contribution in [0.5, 0.6) is 0 Å². The Balaban J connectivity index is 2.15. The monoisotopic (exact) mass is 243 g/mol. The Bertz CT molecular complexity index is 507. The van der Waals surface area contributed by atoms with Crippen molar-refractivity contribution in [2.45, 2.75) is 19.8 Å². The SMILES string of the molecule is Cc1ccc(C(=O)NCC2CC2)c(C#CCO)c1. The highest BCUT2D eigenvalue weighted by Crippen LogP contribution is 2.27. The maximum atomic E-state index is 12.0. The van der Waals surface area contributed by atoms with E-state index in [1.807, 2.05) is 19.1 Å². The number of carbonyl (C=O) groups is 1. The van der Waals surface area contributed by atoms with Gasteiger partial charge in [0.25, 0.3) is 5.91 Å². The lowest BCUT2D eigenvalue weighted by Crippen LogP contribution is -2.26. The number of hydrogen-bond donors (Lipinski definition) is 2. The van der Waals surface area contributed by atoms with Gasteiger partial charge in [-0.1, -0.05) is 17.9 Å². The van der Waals surface area contributed by atoms with Gasteiger partial charge in [-0.3, -0.25) is 4.79 Å². The van der Waals surface area contributed by atoms with E-state index in [0.29, 0.717) is 17.0 Å². The van der Waals surface area contributed by atoms with E-state index < -0.39 is 0 Å². The fraction of sp³-hybridized carbons (Fsp3) is 0.400. The molecule has 1 aliphatic rings. The molecule has 2 rings (SSSR count). The van der Waals surface area contributed by atoms with Crippen LogP contribution in [0.25, 0.3) is 0 Å². The van der Waals surface area contributed by atoms with Gasteiger partial charge in [-0.25, -0.2) is 0 Å². The van der Waals surface area contributed by atoms with Gasteiger partial charge in [-0.15, -0.1) is 0 Å². The average molecular weight is 243 g/mol. The molecule has 0 heterocycles. The van der Waals surface area contributed by atoms with Crippen molar-refractivity contribution in [3.05, 3.63) is 34.9 Å². The first kappa shape index (κ1) is 12.7. The normalized spacial score (nSPS) is 13.7. The van der Waals surface area contributed by atoms with Crippen molar-refractivity contribution in [1.29, 1.82) is 0 Å². The molecule has 0 aliphatic heterocycles. The molecule has 1 amide bonds. The van der Waals surface area contributed by atoms with Crippen LogP contribution in [0.2, 0.25) is 0 Å². The molecule has 0 saturated heterocycles. The molecule has 1 fully saturated rings. The zero-order valence-electron chi connectivity index (χ0n) is 10.5. The molecule has 3 nitrogen and oxygen atoms in total. The van der Waals surface area contributed by atoms with E-state index in [1.54, 1.807) is 6.07 Å². The van der Waals surface area contributed by atoms with Gasteiger partial charge >= 0.3 is 0 Å². The Kier molecular flexibility index (Phi) is 4.01. The van der Waals surface area contributed by atoms with Crippen LogP contribution >= 0.6 is 0 Å². The highest BCUT2D eigenvalue weighted by atomic mass is 16.2. The lowest BCUT2D eigenvalue weighted by atomic mass is 10.0. The molecule has 1 aromatic rings. The molecular weight excluding hydrogens is 226 g/mol. The zero-order valence-corrected chi connectivity index (χ0v) is 10.5. The maximum Gasteiger partial charge on any atom is 0.252 e. The summed E-state index contributed by atoms with van der Waals surface area (Å²) in [5.41, 5.74) is 2.32. The Morgan fingerprint density at radius 1 is 1.50 bits per heavy atom. The predicted octanol–water partition coefficient (Wildman–Crippen LogP) is 1.48. The summed E-state index contributed by atoms with van der Waals surface area (Å²) in [7, 11) is 0. The first-order valence-electron chi connectivity index (χ1n) is 6.19. The standard InChI is InChI=1S/C15H17NO2/c1-11-4-7-14(13(9-11)3-2-8-17)15(18)16-10-12-5-6-12/h4,7,9,12,17H,5-6,8,10H2,1H3,(H,16,18). The Labute approximate surface area is 107 Å². The van der Waals surface area contributed by atoms with Crippen molar-refractivity contribution in [3.63, 3.8) is 0 Å². The molecule has 0 spiro atoms. The summed E-state index contributed by atoms with van der Waals surface area (Å²) in [5, 5.41) is 11.7. The summed E-state index contributed by atoms with van der Waals surface area (Å²) in [6.07, 6.45) is 2.43. The molecule has 2 N–H and O–H groups in total. The number of hydrogen-bond acceptors (Lipinski definition) is 2. The summed E-state index contributed by atoms with van der Waals surface area (Å²) in [6.45, 7) is 2.51. The Morgan fingerprint density at radius 3 is 2.94 bits per heavy atom. The number of benzene rings is 1. The van der Waals surface area contributed by atoms with Gasteiger partial charge in [0.15, 0.2) is 0 Å². The van der Waals surface area contributed by atoms with Crippen LogP contribution in [-0.4, -0.2) is 24.2 Å². The minimum atomic E-state index is -0.197. The first-order chi connectivity index (χ1) is 8.70. The van der Waals surface area contributed by atoms with Crippen LogP contribution < -0.4 is 5.32 Å². The molecule has 0 unspecified atom stereocenters. The third-order valence-electron chi connectivity index (χ3n) is 2.97. The second-order valence-electron chi connectivity index (χ2n) is 4.66. The van der Waals surface area contributed by atoms with E-state index in [1.165, 1.54) is 12.8 Å². The molecule has 1 saturated carbocycles. The third kappa shape index (κ3) is 3.35. The van der Waals surface area contributed by atoms with Gasteiger partial charge in [-0.05, 0) is 43.4 Å². The number of aliphatic hydroxyl groups excluding tert-OH is 1. The quantitative estimate of drug-likeness (QED) is 0.790. The lowest BCUT2D eigenvalue weighted by Gasteiger charge is -2.07. The van der Waals surface area contributed by atoms with Crippen LogP contribution in [0.1, 0.15) is 34.3 Å². The van der Waals surface area contributed by atoms with E-state index in [-0.39, 0.29) is 12.5 Å². The topological polar surface area (TPSA) is 49.3 Å². The molecule has 94 valence electrons. The van der Waals surface area contributed by atoms with Gasteiger partial charge in [0.2, 0.25) is 0 Å². The second kappa shape index (κ2) is 5.70. The maximum absolute atomic E-state index is 12.0. The third-order valence-corrected chi connectivity index (χ3v) is 2.97. The van der Waals surface area contributed by atoms with Crippen LogP contribution in [0.3, 0.4) is 0 Å². The molecular formula is C15H17NO2. The van der Waals surface area contributed by atoms with E-state index in [2.05, 4.69) is 17.2 Å². The van der Waals surface area contributed by atoms with E-state index in [4.69, 9.17) is 5.11 Å². The number of amides is 1. The predicted molar refractivity (Wildman–Crippen MR) is 70.2 cm³/mol. The van der Waals surface area contributed by atoms with Crippen molar-refractivity contribution in [3.8, 4) is 11.8 Å². The van der Waals surface area contributed by atoms with Crippen molar-refractivity contribution in [1.82, 2.24) is 5.32 Å². The molecule has 0 aromatic heterocycles. The minimum Gasteiger partial charge on any atom is -0.384 e. The number of aliphatic hydroxyl groups is 1. The van der Waals surface area contributed by atoms with Crippen LogP contribution in [0.4, 0.5) is 0 Å². The summed E-state index contributed by atoms with van der Waals surface area (Å²) in [4.78, 5) is 12.0. The molecule has 18 heavy (non-hydrogen) atoms. The summed E-state index contributed by atoms with van der Waals surface area (Å²) in [6, 6.07) is 5.56. The van der Waals surface area contributed by atoms with Gasteiger partial charge in [0.05, 0.1) is 5.56 Å². The van der Waals surface area contributed by atoms with E-state index >= 15 is 0 Å². The molecule has 0 radical (unpaired) electrons. The first-order valence-corrected chi connectivity index (χ1v) is 6.19. The largest absolute Gasteiger partial charge is 0.384 e. The number of rotatable bonds is 3. The number of aryl methyl sites for hydroxylation is 1. The van der Waals surface area contributed by atoms with Gasteiger partial charge in [0, 0.05) is 12.1 Å². The minimum absolute atomic E-state index is 0.0795. The Hall–Kier alpha value is -1.79. The van der Waals surface area contributed by atoms with Gasteiger partial charge < -0.3 is 10.4 Å². The van der Waals surface area contributed by atoms with Crippen molar-refractivity contribution >= 4 is 5.91 Å². The smallest absolute Gasteiger partial charge is 0.252 e. The Morgan fingerprint density at radius 2 is 2.28 bits per heavy atom. The average Bonchev–Trinajstić information content (AvgIpc) is 3.17. The molecule has 1 aromatic carbocycles. The fourth-order valence-corrected chi connectivity index (χ4v) is 1.75. The fourth-order valence-electron chi connectivity index (χ4n) is 1.75. The molecule has 0 bridgehead atoms.